The molecule has 1 saturated carbocycles. The van der Waals surface area contributed by atoms with Gasteiger partial charge in [-0.25, -0.2) is 0 Å². The van der Waals surface area contributed by atoms with Gasteiger partial charge in [0.05, 0.1) is 4.92 Å². The summed E-state index contributed by atoms with van der Waals surface area (Å²) >= 11 is 0. The first kappa shape index (κ1) is 19.9. The fraction of sp³-hybridized carbons (Fsp3) is 0.364. The van der Waals surface area contributed by atoms with E-state index in [1.165, 1.54) is 24.6 Å². The molecular weight excluding hydrogens is 386 g/mol. The molecule has 30 heavy (non-hydrogen) atoms. The average Bonchev–Trinajstić information content (AvgIpc) is 3.05. The lowest BCUT2D eigenvalue weighted by molar-refractivity contribution is -0.386. The minimum Gasteiger partial charge on any atom is -0.455 e. The van der Waals surface area contributed by atoms with Gasteiger partial charge >= 0.3 is 5.69 Å². The molecule has 2 aromatic rings. The van der Waals surface area contributed by atoms with E-state index >= 15 is 0 Å². The molecule has 2 aromatic carbocycles. The van der Waals surface area contributed by atoms with Crippen LogP contribution in [0, 0.1) is 16.0 Å². The molecule has 0 aromatic heterocycles. The lowest BCUT2D eigenvalue weighted by atomic mass is 9.88. The summed E-state index contributed by atoms with van der Waals surface area (Å²) in [7, 11) is 0. The first-order valence-electron chi connectivity index (χ1n) is 10.1. The molecule has 1 heterocycles. The molecule has 8 nitrogen and oxygen atoms in total. The second kappa shape index (κ2) is 8.14. The van der Waals surface area contributed by atoms with Gasteiger partial charge in [0.15, 0.2) is 5.75 Å². The molecule has 1 unspecified atom stereocenters. The van der Waals surface area contributed by atoms with Gasteiger partial charge in [0, 0.05) is 23.9 Å². The summed E-state index contributed by atoms with van der Waals surface area (Å²) in [5, 5.41) is 17.0. The van der Waals surface area contributed by atoms with E-state index in [1.807, 2.05) is 0 Å². The van der Waals surface area contributed by atoms with Crippen LogP contribution in [0.4, 0.5) is 11.4 Å². The van der Waals surface area contributed by atoms with E-state index in [-0.39, 0.29) is 11.4 Å². The standard InChI is InChI=1S/C22H23N3O5/c26-20(23-14-15-8-2-1-3-9-15)22(16-10-4-5-11-17(16)24-21(22)27)30-19-13-7-6-12-18(19)25(28)29/h4-7,10-13,15H,1-3,8-9,14H2,(H,23,26)(H,24,27). The summed E-state index contributed by atoms with van der Waals surface area (Å²) in [5.41, 5.74) is -1.55. The van der Waals surface area contributed by atoms with Crippen LogP contribution in [0.25, 0.3) is 0 Å². The van der Waals surface area contributed by atoms with Crippen molar-refractivity contribution < 1.29 is 19.2 Å². The highest BCUT2D eigenvalue weighted by atomic mass is 16.6. The van der Waals surface area contributed by atoms with Gasteiger partial charge in [0.1, 0.15) is 0 Å². The number of rotatable bonds is 6. The fourth-order valence-electron chi connectivity index (χ4n) is 4.22. The number of benzene rings is 2. The Balaban J connectivity index is 1.70. The maximum absolute atomic E-state index is 13.4. The third-order valence-electron chi connectivity index (χ3n) is 5.80. The predicted octanol–water partition coefficient (Wildman–Crippen LogP) is 3.52. The van der Waals surface area contributed by atoms with Crippen LogP contribution < -0.4 is 15.4 Å². The maximum Gasteiger partial charge on any atom is 0.311 e. The van der Waals surface area contributed by atoms with Crippen LogP contribution in [0.2, 0.25) is 0 Å². The number of hydrogen-bond acceptors (Lipinski definition) is 5. The molecule has 4 rings (SSSR count). The second-order valence-electron chi connectivity index (χ2n) is 7.72. The number of para-hydroxylation sites is 3. The molecule has 156 valence electrons. The first-order chi connectivity index (χ1) is 14.5. The topological polar surface area (TPSA) is 111 Å². The number of carbonyl (C=O) groups excluding carboxylic acids is 2. The normalized spacial score (nSPS) is 20.9. The Labute approximate surface area is 173 Å². The van der Waals surface area contributed by atoms with Crippen molar-refractivity contribution in [2.75, 3.05) is 11.9 Å². The zero-order valence-corrected chi connectivity index (χ0v) is 16.4. The zero-order chi connectivity index (χ0) is 21.1. The fourth-order valence-corrected chi connectivity index (χ4v) is 4.22. The number of amides is 2. The number of nitrogens with one attached hydrogen (secondary N) is 2. The van der Waals surface area contributed by atoms with Crippen molar-refractivity contribution in [1.82, 2.24) is 5.32 Å². The quantitative estimate of drug-likeness (QED) is 0.431. The summed E-state index contributed by atoms with van der Waals surface area (Å²) in [4.78, 5) is 37.3. The van der Waals surface area contributed by atoms with Crippen molar-refractivity contribution in [3.8, 4) is 5.75 Å². The smallest absolute Gasteiger partial charge is 0.311 e. The highest BCUT2D eigenvalue weighted by Crippen LogP contribution is 2.42. The predicted molar refractivity (Wildman–Crippen MR) is 110 cm³/mol. The lowest BCUT2D eigenvalue weighted by Gasteiger charge is -2.29. The van der Waals surface area contributed by atoms with Crippen molar-refractivity contribution in [2.45, 2.75) is 37.7 Å². The summed E-state index contributed by atoms with van der Waals surface area (Å²) in [5.74, 6) is -1.07. The van der Waals surface area contributed by atoms with Gasteiger partial charge in [-0.05, 0) is 30.9 Å². The molecule has 2 amide bonds. The van der Waals surface area contributed by atoms with Gasteiger partial charge in [0.25, 0.3) is 17.4 Å². The van der Waals surface area contributed by atoms with Crippen LogP contribution >= 0.6 is 0 Å². The average molecular weight is 409 g/mol. The number of fused-ring (bicyclic) bond motifs is 1. The molecule has 0 radical (unpaired) electrons. The summed E-state index contributed by atoms with van der Waals surface area (Å²) < 4.78 is 5.93. The highest BCUT2D eigenvalue weighted by Gasteiger charge is 2.56. The zero-order valence-electron chi connectivity index (χ0n) is 16.4. The lowest BCUT2D eigenvalue weighted by Crippen LogP contribution is -2.54. The van der Waals surface area contributed by atoms with Gasteiger partial charge in [0.2, 0.25) is 0 Å². The molecule has 2 N–H and O–H groups in total. The summed E-state index contributed by atoms with van der Waals surface area (Å²) in [6, 6.07) is 12.5. The van der Waals surface area contributed by atoms with Gasteiger partial charge < -0.3 is 15.4 Å². The van der Waals surface area contributed by atoms with E-state index in [2.05, 4.69) is 10.6 Å². The SMILES string of the molecule is O=C(NCC1CCCCC1)C1(Oc2ccccc2[N+](=O)[O-])C(=O)Nc2ccccc21. The minimum atomic E-state index is -2.03. The first-order valence-corrected chi connectivity index (χ1v) is 10.1. The number of ether oxygens (including phenoxy) is 1. The van der Waals surface area contributed by atoms with Crippen molar-refractivity contribution in [3.63, 3.8) is 0 Å². The third kappa shape index (κ3) is 3.49. The Morgan fingerprint density at radius 3 is 2.60 bits per heavy atom. The van der Waals surface area contributed by atoms with Crippen LogP contribution in [0.3, 0.4) is 0 Å². The Morgan fingerprint density at radius 2 is 1.83 bits per heavy atom. The van der Waals surface area contributed by atoms with Crippen LogP contribution in [0.1, 0.15) is 37.7 Å². The Kier molecular flexibility index (Phi) is 5.39. The molecular formula is C22H23N3O5. The number of anilines is 1. The molecule has 0 saturated heterocycles. The van der Waals surface area contributed by atoms with E-state index in [0.29, 0.717) is 23.7 Å². The number of hydrogen-bond donors (Lipinski definition) is 2. The van der Waals surface area contributed by atoms with E-state index in [4.69, 9.17) is 4.74 Å². The number of nitrogens with zero attached hydrogens (tertiary/aromatic N) is 1. The van der Waals surface area contributed by atoms with E-state index in [0.717, 1.165) is 25.7 Å². The Hall–Kier alpha value is -3.42. The largest absolute Gasteiger partial charge is 0.455 e. The van der Waals surface area contributed by atoms with Gasteiger partial charge in [-0.2, -0.15) is 0 Å². The molecule has 0 bridgehead atoms. The van der Waals surface area contributed by atoms with E-state index in [9.17, 15) is 19.7 Å². The Bertz CT molecular complexity index is 986. The van der Waals surface area contributed by atoms with Gasteiger partial charge in [-0.3, -0.25) is 19.7 Å². The molecule has 1 fully saturated rings. The number of carbonyl (C=O) groups is 2. The number of nitro benzene ring substituents is 1. The van der Waals surface area contributed by atoms with Crippen molar-refractivity contribution >= 4 is 23.2 Å². The van der Waals surface area contributed by atoms with Crippen LogP contribution in [0.5, 0.6) is 5.75 Å². The van der Waals surface area contributed by atoms with Crippen LogP contribution in [0.15, 0.2) is 48.5 Å². The van der Waals surface area contributed by atoms with Gasteiger partial charge in [-0.1, -0.05) is 49.6 Å². The van der Waals surface area contributed by atoms with Crippen molar-refractivity contribution in [1.29, 1.82) is 0 Å². The monoisotopic (exact) mass is 409 g/mol. The molecule has 8 heteroatoms. The molecule has 1 atom stereocenters. The second-order valence-corrected chi connectivity index (χ2v) is 7.72. The Morgan fingerprint density at radius 1 is 1.13 bits per heavy atom. The van der Waals surface area contributed by atoms with E-state index < -0.39 is 22.3 Å². The summed E-state index contributed by atoms with van der Waals surface area (Å²) in [6.45, 7) is 0.441. The third-order valence-corrected chi connectivity index (χ3v) is 5.80. The summed E-state index contributed by atoms with van der Waals surface area (Å²) in [6.07, 6.45) is 5.51. The van der Waals surface area contributed by atoms with Crippen molar-refractivity contribution in [3.05, 3.63) is 64.2 Å². The molecule has 0 spiro atoms. The van der Waals surface area contributed by atoms with E-state index in [1.54, 1.807) is 30.3 Å². The van der Waals surface area contributed by atoms with Gasteiger partial charge in [-0.15, -0.1) is 0 Å². The highest BCUT2D eigenvalue weighted by molar-refractivity contribution is 6.19. The van der Waals surface area contributed by atoms with Crippen LogP contribution in [-0.2, 0) is 15.2 Å². The molecule has 1 aliphatic heterocycles. The van der Waals surface area contributed by atoms with Crippen LogP contribution in [-0.4, -0.2) is 23.3 Å². The number of nitro groups is 1. The van der Waals surface area contributed by atoms with Crippen molar-refractivity contribution in [2.24, 2.45) is 5.92 Å². The maximum atomic E-state index is 13.4. The molecule has 1 aliphatic carbocycles. The minimum absolute atomic E-state index is 0.137. The molecule has 2 aliphatic rings.